The number of aryl methyl sites for hydroxylation is 2. The molecule has 0 bridgehead atoms. The highest BCUT2D eigenvalue weighted by Gasteiger charge is 2.40. The summed E-state index contributed by atoms with van der Waals surface area (Å²) in [5.74, 6) is -0.986. The Kier molecular flexibility index (Phi) is 5.33. The molecule has 1 aliphatic heterocycles. The molecule has 1 atom stereocenters. The fourth-order valence-corrected chi connectivity index (χ4v) is 4.34. The van der Waals surface area contributed by atoms with E-state index >= 15 is 0 Å². The van der Waals surface area contributed by atoms with Crippen molar-refractivity contribution in [3.05, 3.63) is 75.8 Å². The molecule has 2 aromatic carbocycles. The Labute approximate surface area is 162 Å². The maximum Gasteiger partial charge on any atom is 0.262 e. The average Bonchev–Trinajstić information content (AvgIpc) is 2.93. The Bertz CT molecular complexity index is 991. The summed E-state index contributed by atoms with van der Waals surface area (Å²) in [6.07, 6.45) is 0.513. The molecule has 6 heteroatoms. The minimum atomic E-state index is -0.831. The number of benzene rings is 2. The van der Waals surface area contributed by atoms with Crippen LogP contribution in [0.3, 0.4) is 0 Å². The van der Waals surface area contributed by atoms with Crippen LogP contribution in [-0.2, 0) is 16.0 Å². The summed E-state index contributed by atoms with van der Waals surface area (Å²) in [7, 11) is 0. The number of amides is 2. The average molecular weight is 377 g/mol. The van der Waals surface area contributed by atoms with Crippen LogP contribution in [0, 0.1) is 25.2 Å². The fourth-order valence-electron chi connectivity index (χ4n) is 3.04. The van der Waals surface area contributed by atoms with Crippen molar-refractivity contribution in [2.75, 3.05) is 4.90 Å². The minimum absolute atomic E-state index is 0.155. The summed E-state index contributed by atoms with van der Waals surface area (Å²) in [4.78, 5) is 26.4. The number of nitriles is 1. The van der Waals surface area contributed by atoms with E-state index in [2.05, 4.69) is 0 Å². The molecule has 1 saturated heterocycles. The second kappa shape index (κ2) is 7.68. The Morgan fingerprint density at radius 1 is 1.22 bits per heavy atom. The van der Waals surface area contributed by atoms with Gasteiger partial charge in [0, 0.05) is 5.69 Å². The van der Waals surface area contributed by atoms with Crippen LogP contribution in [0.4, 0.5) is 5.69 Å². The van der Waals surface area contributed by atoms with E-state index in [0.717, 1.165) is 16.7 Å². The molecule has 27 heavy (non-hydrogen) atoms. The van der Waals surface area contributed by atoms with Crippen molar-refractivity contribution < 1.29 is 9.59 Å². The number of thioether (sulfide) groups is 1. The summed E-state index contributed by atoms with van der Waals surface area (Å²) in [5, 5.41) is 9.30. The molecule has 0 spiro atoms. The molecule has 3 rings (SSSR count). The Hall–Kier alpha value is -3.04. The predicted molar refractivity (Wildman–Crippen MR) is 107 cm³/mol. The van der Waals surface area contributed by atoms with Crippen LogP contribution in [0.5, 0.6) is 0 Å². The van der Waals surface area contributed by atoms with E-state index in [4.69, 9.17) is 5.73 Å². The van der Waals surface area contributed by atoms with Crippen molar-refractivity contribution in [1.29, 1.82) is 5.26 Å². The molecular weight excluding hydrogens is 358 g/mol. The van der Waals surface area contributed by atoms with Gasteiger partial charge in [-0.15, -0.1) is 0 Å². The Morgan fingerprint density at radius 3 is 2.59 bits per heavy atom. The normalized spacial score (nSPS) is 18.3. The zero-order valence-corrected chi connectivity index (χ0v) is 15.9. The smallest absolute Gasteiger partial charge is 0.262 e. The monoisotopic (exact) mass is 377 g/mol. The molecule has 1 aliphatic rings. The number of carbonyl (C=O) groups excluding carboxylic acids is 2. The highest BCUT2D eigenvalue weighted by molar-refractivity contribution is 8.05. The molecule has 1 fully saturated rings. The summed E-state index contributed by atoms with van der Waals surface area (Å²) >= 11 is 1.22. The Balaban J connectivity index is 2.06. The van der Waals surface area contributed by atoms with Crippen molar-refractivity contribution in [2.45, 2.75) is 25.5 Å². The third-order valence-corrected chi connectivity index (χ3v) is 5.71. The molecule has 2 N–H and O–H groups in total. The second-order valence-electron chi connectivity index (χ2n) is 6.41. The van der Waals surface area contributed by atoms with Gasteiger partial charge in [-0.3, -0.25) is 14.5 Å². The van der Waals surface area contributed by atoms with E-state index in [1.807, 2.05) is 62.4 Å². The summed E-state index contributed by atoms with van der Waals surface area (Å²) < 4.78 is 0. The quantitative estimate of drug-likeness (QED) is 0.655. The van der Waals surface area contributed by atoms with Gasteiger partial charge in [0.05, 0.1) is 5.25 Å². The number of nitrogens with zero attached hydrogens (tertiary/aromatic N) is 2. The van der Waals surface area contributed by atoms with Gasteiger partial charge in [-0.25, -0.2) is 0 Å². The third kappa shape index (κ3) is 3.74. The van der Waals surface area contributed by atoms with Gasteiger partial charge in [0.15, 0.2) is 0 Å². The third-order valence-electron chi connectivity index (χ3n) is 4.45. The van der Waals surface area contributed by atoms with E-state index in [0.29, 0.717) is 17.1 Å². The molecule has 2 aromatic rings. The molecule has 0 saturated carbocycles. The van der Waals surface area contributed by atoms with E-state index < -0.39 is 11.2 Å². The number of anilines is 1. The van der Waals surface area contributed by atoms with Crippen LogP contribution in [0.1, 0.15) is 16.7 Å². The van der Waals surface area contributed by atoms with Gasteiger partial charge in [-0.2, -0.15) is 5.26 Å². The maximum absolute atomic E-state index is 13.2. The molecule has 1 unspecified atom stereocenters. The van der Waals surface area contributed by atoms with Crippen molar-refractivity contribution in [1.82, 2.24) is 0 Å². The number of hydrogen-bond donors (Lipinski definition) is 1. The first-order chi connectivity index (χ1) is 12.9. The lowest BCUT2D eigenvalue weighted by molar-refractivity contribution is -0.117. The number of primary amides is 1. The molecule has 5 nitrogen and oxygen atoms in total. The lowest BCUT2D eigenvalue weighted by atomic mass is 10.0. The highest BCUT2D eigenvalue weighted by atomic mass is 32.2. The maximum atomic E-state index is 13.2. The standard InChI is InChI=1S/C21H19N3O2S/c1-13-6-5-9-16(10-13)24-20(26)18(11-15-8-4-3-7-14(15)2)27-21(24)17(12-22)19(23)25/h3-10,18H,11H2,1-2H3,(H2,23,25). The van der Waals surface area contributed by atoms with Gasteiger partial charge in [0.25, 0.3) is 5.91 Å². The van der Waals surface area contributed by atoms with Gasteiger partial charge >= 0.3 is 0 Å². The van der Waals surface area contributed by atoms with Gasteiger partial charge in [0.1, 0.15) is 16.7 Å². The SMILES string of the molecule is Cc1cccc(N2C(=O)C(Cc3ccccc3C)SC2=C(C#N)C(N)=O)c1. The predicted octanol–water partition coefficient (Wildman–Crippen LogP) is 3.22. The number of rotatable bonds is 4. The van der Waals surface area contributed by atoms with Crippen molar-refractivity contribution in [3.8, 4) is 6.07 Å². The summed E-state index contributed by atoms with van der Waals surface area (Å²) in [5.41, 5.74) is 8.97. The molecular formula is C21H19N3O2S. The molecule has 1 heterocycles. The van der Waals surface area contributed by atoms with Crippen molar-refractivity contribution in [3.63, 3.8) is 0 Å². The first-order valence-corrected chi connectivity index (χ1v) is 9.36. The fraction of sp³-hybridized carbons (Fsp3) is 0.190. The van der Waals surface area contributed by atoms with Crippen LogP contribution >= 0.6 is 11.8 Å². The zero-order valence-electron chi connectivity index (χ0n) is 15.1. The van der Waals surface area contributed by atoms with Gasteiger partial charge in [-0.1, -0.05) is 48.2 Å². The largest absolute Gasteiger partial charge is 0.365 e. The zero-order chi connectivity index (χ0) is 19.6. The van der Waals surface area contributed by atoms with Crippen LogP contribution < -0.4 is 10.6 Å². The van der Waals surface area contributed by atoms with Crippen LogP contribution in [0.2, 0.25) is 0 Å². The van der Waals surface area contributed by atoms with E-state index in [1.54, 1.807) is 6.07 Å². The Morgan fingerprint density at radius 2 is 1.96 bits per heavy atom. The van der Waals surface area contributed by atoms with Crippen LogP contribution in [-0.4, -0.2) is 17.1 Å². The molecule has 136 valence electrons. The van der Waals surface area contributed by atoms with E-state index in [1.165, 1.54) is 16.7 Å². The van der Waals surface area contributed by atoms with Gasteiger partial charge in [0.2, 0.25) is 5.91 Å². The van der Waals surface area contributed by atoms with Crippen molar-refractivity contribution >= 4 is 29.3 Å². The topological polar surface area (TPSA) is 87.2 Å². The lowest BCUT2D eigenvalue weighted by Crippen LogP contribution is -2.31. The molecule has 2 amide bonds. The lowest BCUT2D eigenvalue weighted by Gasteiger charge is -2.18. The summed E-state index contributed by atoms with van der Waals surface area (Å²) in [6.45, 7) is 3.92. The number of nitrogens with two attached hydrogens (primary N) is 1. The van der Waals surface area contributed by atoms with Gasteiger partial charge in [-0.05, 0) is 49.1 Å². The number of hydrogen-bond acceptors (Lipinski definition) is 4. The van der Waals surface area contributed by atoms with Gasteiger partial charge < -0.3 is 5.73 Å². The molecule has 0 aliphatic carbocycles. The van der Waals surface area contributed by atoms with E-state index in [9.17, 15) is 14.9 Å². The highest BCUT2D eigenvalue weighted by Crippen LogP contribution is 2.42. The molecule has 0 radical (unpaired) electrons. The summed E-state index contributed by atoms with van der Waals surface area (Å²) in [6, 6.07) is 17.1. The first kappa shape index (κ1) is 18.7. The second-order valence-corrected chi connectivity index (χ2v) is 7.60. The van der Waals surface area contributed by atoms with Crippen LogP contribution in [0.15, 0.2) is 59.1 Å². The number of carbonyl (C=O) groups is 2. The first-order valence-electron chi connectivity index (χ1n) is 8.48. The van der Waals surface area contributed by atoms with Crippen molar-refractivity contribution in [2.24, 2.45) is 5.73 Å². The van der Waals surface area contributed by atoms with E-state index in [-0.39, 0.29) is 11.5 Å². The molecule has 0 aromatic heterocycles. The minimum Gasteiger partial charge on any atom is -0.365 e. The van der Waals surface area contributed by atoms with Crippen LogP contribution in [0.25, 0.3) is 0 Å².